The van der Waals surface area contributed by atoms with Crippen LogP contribution in [-0.4, -0.2) is 36.2 Å². The number of amides is 1. The van der Waals surface area contributed by atoms with Gasteiger partial charge < -0.3 is 10.1 Å². The molecule has 0 aromatic carbocycles. The standard InChI is InChI=1S/C21H32N2O2/c1-20-4-3-17(10-18(20)23(2)6-5-20)25-19(24)22-21-11-14-7-15(12-21)9-16(8-14)13-21/h10,14-16,18H,3-9,11-13H2,1-2H3,(H,22,24). The SMILES string of the molecule is CN1CCC2(C)CCC(OC(=O)NC34CC5CC(CC(C5)C3)C4)=CC12. The van der Waals surface area contributed by atoms with Crippen molar-refractivity contribution in [1.29, 1.82) is 0 Å². The zero-order chi connectivity index (χ0) is 17.2. The number of hydrogen-bond acceptors (Lipinski definition) is 3. The van der Waals surface area contributed by atoms with Crippen molar-refractivity contribution in [2.24, 2.45) is 23.2 Å². The number of rotatable bonds is 2. The average Bonchev–Trinajstić information content (AvgIpc) is 2.81. The van der Waals surface area contributed by atoms with Gasteiger partial charge in [-0.1, -0.05) is 6.92 Å². The summed E-state index contributed by atoms with van der Waals surface area (Å²) >= 11 is 0. The van der Waals surface area contributed by atoms with Crippen LogP contribution < -0.4 is 5.32 Å². The monoisotopic (exact) mass is 344 g/mol. The van der Waals surface area contributed by atoms with E-state index in [2.05, 4.69) is 30.3 Å². The summed E-state index contributed by atoms with van der Waals surface area (Å²) < 4.78 is 5.82. The van der Waals surface area contributed by atoms with Crippen molar-refractivity contribution in [2.75, 3.05) is 13.6 Å². The molecule has 4 bridgehead atoms. The third kappa shape index (κ3) is 2.72. The van der Waals surface area contributed by atoms with Gasteiger partial charge in [-0.15, -0.1) is 0 Å². The Morgan fingerprint density at radius 3 is 2.44 bits per heavy atom. The van der Waals surface area contributed by atoms with Gasteiger partial charge in [0.1, 0.15) is 5.76 Å². The van der Waals surface area contributed by atoms with Gasteiger partial charge in [0.15, 0.2) is 0 Å². The van der Waals surface area contributed by atoms with Crippen molar-refractivity contribution in [1.82, 2.24) is 10.2 Å². The summed E-state index contributed by atoms with van der Waals surface area (Å²) in [6, 6.07) is 0.420. The van der Waals surface area contributed by atoms with Crippen molar-refractivity contribution in [3.63, 3.8) is 0 Å². The maximum absolute atomic E-state index is 12.7. The van der Waals surface area contributed by atoms with E-state index >= 15 is 0 Å². The van der Waals surface area contributed by atoms with Gasteiger partial charge in [-0.05, 0) is 94.2 Å². The van der Waals surface area contributed by atoms with E-state index in [9.17, 15) is 4.79 Å². The molecular formula is C21H32N2O2. The molecule has 1 saturated heterocycles. The molecule has 1 aliphatic heterocycles. The van der Waals surface area contributed by atoms with Gasteiger partial charge in [0.25, 0.3) is 0 Å². The second-order valence-corrected chi connectivity index (χ2v) is 10.2. The fourth-order valence-corrected chi connectivity index (χ4v) is 7.23. The fourth-order valence-electron chi connectivity index (χ4n) is 7.23. The molecule has 4 nitrogen and oxygen atoms in total. The molecule has 2 atom stereocenters. The number of alkyl carbamates (subject to hydrolysis) is 1. The number of carbonyl (C=O) groups excluding carboxylic acids is 1. The quantitative estimate of drug-likeness (QED) is 0.821. The molecule has 6 rings (SSSR count). The van der Waals surface area contributed by atoms with Crippen LogP contribution in [0, 0.1) is 23.2 Å². The topological polar surface area (TPSA) is 41.6 Å². The summed E-state index contributed by atoms with van der Waals surface area (Å²) in [6.45, 7) is 3.52. The Kier molecular flexibility index (Phi) is 3.55. The van der Waals surface area contributed by atoms with Crippen LogP contribution in [0.2, 0.25) is 0 Å². The Balaban J connectivity index is 1.26. The molecule has 1 amide bonds. The molecule has 5 aliphatic carbocycles. The highest BCUT2D eigenvalue weighted by Crippen LogP contribution is 2.55. The molecule has 0 aromatic heterocycles. The number of nitrogens with zero attached hydrogens (tertiary/aromatic N) is 1. The highest BCUT2D eigenvalue weighted by atomic mass is 16.6. The van der Waals surface area contributed by atoms with E-state index in [1.165, 1.54) is 44.9 Å². The van der Waals surface area contributed by atoms with Gasteiger partial charge in [0, 0.05) is 18.0 Å². The predicted molar refractivity (Wildman–Crippen MR) is 97.0 cm³/mol. The lowest BCUT2D eigenvalue weighted by Crippen LogP contribution is -2.59. The Hall–Kier alpha value is -1.03. The smallest absolute Gasteiger partial charge is 0.412 e. The molecule has 138 valence electrons. The molecule has 0 aromatic rings. The van der Waals surface area contributed by atoms with E-state index in [1.54, 1.807) is 0 Å². The summed E-state index contributed by atoms with van der Waals surface area (Å²) in [7, 11) is 2.19. The van der Waals surface area contributed by atoms with Crippen LogP contribution in [0.15, 0.2) is 11.8 Å². The van der Waals surface area contributed by atoms with Crippen LogP contribution in [0.4, 0.5) is 4.79 Å². The molecule has 0 spiro atoms. The van der Waals surface area contributed by atoms with Gasteiger partial charge >= 0.3 is 6.09 Å². The summed E-state index contributed by atoms with van der Waals surface area (Å²) in [5.74, 6) is 3.41. The molecule has 1 heterocycles. The van der Waals surface area contributed by atoms with Crippen molar-refractivity contribution >= 4 is 6.09 Å². The summed E-state index contributed by atoms with van der Waals surface area (Å²) in [5, 5.41) is 3.34. The van der Waals surface area contributed by atoms with E-state index in [4.69, 9.17) is 4.74 Å². The number of allylic oxidation sites excluding steroid dienone is 1. The van der Waals surface area contributed by atoms with Crippen molar-refractivity contribution < 1.29 is 9.53 Å². The van der Waals surface area contributed by atoms with Crippen LogP contribution >= 0.6 is 0 Å². The lowest BCUT2D eigenvalue weighted by molar-refractivity contribution is -0.0178. The van der Waals surface area contributed by atoms with E-state index in [0.717, 1.165) is 42.9 Å². The first-order chi connectivity index (χ1) is 11.9. The predicted octanol–water partition coefficient (Wildman–Crippen LogP) is 4.07. The van der Waals surface area contributed by atoms with E-state index in [-0.39, 0.29) is 11.6 Å². The lowest BCUT2D eigenvalue weighted by atomic mass is 9.53. The number of fused-ring (bicyclic) bond motifs is 1. The largest absolute Gasteiger partial charge is 0.415 e. The Morgan fingerprint density at radius 2 is 1.80 bits per heavy atom. The third-order valence-electron chi connectivity index (χ3n) is 8.14. The number of carbonyl (C=O) groups is 1. The average molecular weight is 344 g/mol. The van der Waals surface area contributed by atoms with E-state index in [1.807, 2.05) is 0 Å². The molecule has 25 heavy (non-hydrogen) atoms. The fraction of sp³-hybridized carbons (Fsp3) is 0.857. The zero-order valence-corrected chi connectivity index (χ0v) is 15.7. The molecule has 2 unspecified atom stereocenters. The number of hydrogen-bond donors (Lipinski definition) is 1. The summed E-state index contributed by atoms with van der Waals surface area (Å²) in [4.78, 5) is 15.1. The minimum atomic E-state index is -0.197. The third-order valence-corrected chi connectivity index (χ3v) is 8.14. The highest BCUT2D eigenvalue weighted by Gasteiger charge is 2.52. The van der Waals surface area contributed by atoms with Crippen LogP contribution in [-0.2, 0) is 4.74 Å². The van der Waals surface area contributed by atoms with Gasteiger partial charge in [-0.3, -0.25) is 4.90 Å². The molecule has 4 saturated carbocycles. The minimum absolute atomic E-state index is 0.0414. The molecule has 0 radical (unpaired) electrons. The second kappa shape index (κ2) is 5.48. The number of ether oxygens (including phenoxy) is 1. The summed E-state index contributed by atoms with van der Waals surface area (Å²) in [6.07, 6.45) is 13.0. The first-order valence-corrected chi connectivity index (χ1v) is 10.3. The Labute approximate surface area is 151 Å². The second-order valence-electron chi connectivity index (χ2n) is 10.2. The van der Waals surface area contributed by atoms with Gasteiger partial charge in [0.05, 0.1) is 0 Å². The van der Waals surface area contributed by atoms with Crippen molar-refractivity contribution in [3.05, 3.63) is 11.8 Å². The van der Waals surface area contributed by atoms with Gasteiger partial charge in [-0.2, -0.15) is 0 Å². The molecule has 1 N–H and O–H groups in total. The maximum atomic E-state index is 12.7. The Bertz CT molecular complexity index is 578. The molecule has 5 fully saturated rings. The van der Waals surface area contributed by atoms with Crippen LogP contribution in [0.3, 0.4) is 0 Å². The van der Waals surface area contributed by atoms with Gasteiger partial charge in [0.2, 0.25) is 0 Å². The lowest BCUT2D eigenvalue weighted by Gasteiger charge is -2.56. The maximum Gasteiger partial charge on any atom is 0.412 e. The molecule has 4 heteroatoms. The first kappa shape index (κ1) is 16.2. The minimum Gasteiger partial charge on any atom is -0.415 e. The van der Waals surface area contributed by atoms with Gasteiger partial charge in [-0.25, -0.2) is 4.79 Å². The normalized spacial score (nSPS) is 48.2. The molecule has 6 aliphatic rings. The summed E-state index contributed by atoms with van der Waals surface area (Å²) in [5.41, 5.74) is 0.401. The number of likely N-dealkylation sites (tertiary alicyclic amines) is 1. The zero-order valence-electron chi connectivity index (χ0n) is 15.7. The molecular weight excluding hydrogens is 312 g/mol. The number of nitrogens with one attached hydrogen (secondary N) is 1. The van der Waals surface area contributed by atoms with Crippen LogP contribution in [0.1, 0.15) is 64.7 Å². The Morgan fingerprint density at radius 1 is 1.16 bits per heavy atom. The van der Waals surface area contributed by atoms with E-state index < -0.39 is 0 Å². The first-order valence-electron chi connectivity index (χ1n) is 10.3. The van der Waals surface area contributed by atoms with Crippen molar-refractivity contribution in [2.45, 2.75) is 76.3 Å². The number of likely N-dealkylation sites (N-methyl/N-ethyl adjacent to an activating group) is 1. The van der Waals surface area contributed by atoms with Crippen molar-refractivity contribution in [3.8, 4) is 0 Å². The van der Waals surface area contributed by atoms with Crippen LogP contribution in [0.25, 0.3) is 0 Å². The van der Waals surface area contributed by atoms with E-state index in [0.29, 0.717) is 11.5 Å². The van der Waals surface area contributed by atoms with Crippen LogP contribution in [0.5, 0.6) is 0 Å². The highest BCUT2D eigenvalue weighted by molar-refractivity contribution is 5.69.